The molecule has 3 aromatic rings. The molecular weight excluding hydrogens is 272 g/mol. The molecule has 0 spiro atoms. The minimum Gasteiger partial charge on any atom is -0.337 e. The van der Waals surface area contributed by atoms with Gasteiger partial charge in [0.05, 0.1) is 0 Å². The maximum Gasteiger partial charge on any atom is 0.270 e. The van der Waals surface area contributed by atoms with E-state index >= 15 is 0 Å². The van der Waals surface area contributed by atoms with E-state index in [1.807, 2.05) is 28.5 Å². The van der Waals surface area contributed by atoms with Crippen LogP contribution < -0.4 is 0 Å². The maximum atomic E-state index is 12.2. The summed E-state index contributed by atoms with van der Waals surface area (Å²) in [6.45, 7) is 1.71. The number of carbonyl (C=O) groups excluding carboxylic acids is 1. The normalized spacial score (nSPS) is 14.5. The molecule has 3 aromatic heterocycles. The van der Waals surface area contributed by atoms with Gasteiger partial charge in [-0.3, -0.25) is 4.79 Å². The lowest BCUT2D eigenvalue weighted by Crippen LogP contribution is -2.42. The van der Waals surface area contributed by atoms with Gasteiger partial charge in [-0.05, 0) is 24.6 Å². The summed E-state index contributed by atoms with van der Waals surface area (Å²) in [4.78, 5) is 25.9. The molecule has 0 aromatic carbocycles. The Morgan fingerprint density at radius 3 is 2.95 bits per heavy atom. The Hall–Kier alpha value is -2.21. The molecule has 0 aliphatic carbocycles. The molecule has 1 aliphatic heterocycles. The van der Waals surface area contributed by atoms with Gasteiger partial charge >= 0.3 is 0 Å². The van der Waals surface area contributed by atoms with Gasteiger partial charge in [-0.2, -0.15) is 0 Å². The number of pyridine rings is 1. The van der Waals surface area contributed by atoms with E-state index < -0.39 is 0 Å². The third-order valence-electron chi connectivity index (χ3n) is 3.50. The minimum absolute atomic E-state index is 0.0602. The van der Waals surface area contributed by atoms with E-state index in [9.17, 15) is 4.79 Å². The van der Waals surface area contributed by atoms with Crippen LogP contribution in [0.15, 0.2) is 29.8 Å². The number of aromatic amines is 1. The fourth-order valence-corrected chi connectivity index (χ4v) is 2.89. The topological polar surface area (TPSA) is 61.9 Å². The molecule has 1 fully saturated rings. The van der Waals surface area contributed by atoms with Crippen molar-refractivity contribution in [3.63, 3.8) is 0 Å². The molecule has 0 atom stereocenters. The number of fused-ring (bicyclic) bond motifs is 1. The van der Waals surface area contributed by atoms with Gasteiger partial charge in [-0.15, -0.1) is 11.3 Å². The Balaban J connectivity index is 1.74. The van der Waals surface area contributed by atoms with Crippen LogP contribution in [0.25, 0.3) is 21.7 Å². The van der Waals surface area contributed by atoms with E-state index in [4.69, 9.17) is 0 Å². The summed E-state index contributed by atoms with van der Waals surface area (Å²) < 4.78 is 0. The second-order valence-corrected chi connectivity index (χ2v) is 5.69. The highest BCUT2D eigenvalue weighted by Crippen LogP contribution is 2.23. The molecule has 0 bridgehead atoms. The first-order valence-corrected chi connectivity index (χ1v) is 7.38. The highest BCUT2D eigenvalue weighted by atomic mass is 32.1. The molecule has 0 unspecified atom stereocenters. The van der Waals surface area contributed by atoms with Gasteiger partial charge in [0.15, 0.2) is 0 Å². The number of rotatable bonds is 2. The monoisotopic (exact) mass is 284 g/mol. The highest BCUT2D eigenvalue weighted by molar-refractivity contribution is 7.13. The van der Waals surface area contributed by atoms with Crippen LogP contribution >= 0.6 is 11.3 Å². The lowest BCUT2D eigenvalue weighted by molar-refractivity contribution is 0.0646. The van der Waals surface area contributed by atoms with Gasteiger partial charge in [0.2, 0.25) is 0 Å². The van der Waals surface area contributed by atoms with Crippen LogP contribution in [0.1, 0.15) is 16.9 Å². The summed E-state index contributed by atoms with van der Waals surface area (Å²) in [5, 5.41) is 3.76. The van der Waals surface area contributed by atoms with Crippen molar-refractivity contribution in [2.75, 3.05) is 13.1 Å². The van der Waals surface area contributed by atoms with Gasteiger partial charge in [0.25, 0.3) is 5.91 Å². The average Bonchev–Trinajstić information content (AvgIpc) is 3.05. The van der Waals surface area contributed by atoms with E-state index in [-0.39, 0.29) is 5.91 Å². The van der Waals surface area contributed by atoms with Gasteiger partial charge in [0.1, 0.15) is 22.0 Å². The van der Waals surface area contributed by atoms with E-state index in [2.05, 4.69) is 15.0 Å². The number of hydrogen-bond acceptors (Lipinski definition) is 4. The number of thiazole rings is 1. The Bertz CT molecular complexity index is 774. The summed E-state index contributed by atoms with van der Waals surface area (Å²) in [7, 11) is 0. The molecule has 100 valence electrons. The lowest BCUT2D eigenvalue weighted by atomic mass is 10.2. The number of carbonyl (C=O) groups is 1. The summed E-state index contributed by atoms with van der Waals surface area (Å²) in [6.07, 6.45) is 2.86. The molecule has 4 heterocycles. The van der Waals surface area contributed by atoms with Crippen molar-refractivity contribution in [2.45, 2.75) is 6.42 Å². The first kappa shape index (κ1) is 11.6. The SMILES string of the molecule is O=C(c1cc2ccc(-c3nccs3)nc2[nH]1)N1CCC1. The molecule has 1 aliphatic rings. The highest BCUT2D eigenvalue weighted by Gasteiger charge is 2.23. The van der Waals surface area contributed by atoms with Crippen molar-refractivity contribution in [1.82, 2.24) is 19.9 Å². The Kier molecular flexibility index (Phi) is 2.56. The van der Waals surface area contributed by atoms with Crippen molar-refractivity contribution in [2.24, 2.45) is 0 Å². The van der Waals surface area contributed by atoms with Crippen LogP contribution in [0.3, 0.4) is 0 Å². The van der Waals surface area contributed by atoms with Crippen LogP contribution in [0.2, 0.25) is 0 Å². The molecule has 5 nitrogen and oxygen atoms in total. The van der Waals surface area contributed by atoms with Crippen LogP contribution in [0.5, 0.6) is 0 Å². The summed E-state index contributed by atoms with van der Waals surface area (Å²) in [5.41, 5.74) is 2.18. The zero-order valence-electron chi connectivity index (χ0n) is 10.7. The quantitative estimate of drug-likeness (QED) is 0.786. The first-order chi connectivity index (χ1) is 9.81. The average molecular weight is 284 g/mol. The number of aromatic nitrogens is 3. The van der Waals surface area contributed by atoms with E-state index in [0.29, 0.717) is 5.69 Å². The first-order valence-electron chi connectivity index (χ1n) is 6.50. The number of nitrogens with zero attached hydrogens (tertiary/aromatic N) is 3. The van der Waals surface area contributed by atoms with Crippen LogP contribution in [-0.2, 0) is 0 Å². The summed E-state index contributed by atoms with van der Waals surface area (Å²) in [5.74, 6) is 0.0602. The predicted octanol–water partition coefficient (Wildman–Crippen LogP) is 2.53. The van der Waals surface area contributed by atoms with Gasteiger partial charge in [-0.25, -0.2) is 9.97 Å². The van der Waals surface area contributed by atoms with Crippen molar-refractivity contribution in [3.05, 3.63) is 35.5 Å². The third-order valence-corrected chi connectivity index (χ3v) is 4.30. The van der Waals surface area contributed by atoms with E-state index in [1.54, 1.807) is 17.5 Å². The fraction of sp³-hybridized carbons (Fsp3) is 0.214. The summed E-state index contributed by atoms with van der Waals surface area (Å²) in [6, 6.07) is 5.78. The van der Waals surface area contributed by atoms with Gasteiger partial charge in [-0.1, -0.05) is 0 Å². The zero-order chi connectivity index (χ0) is 13.5. The molecular formula is C14H12N4OS. The third kappa shape index (κ3) is 1.80. The maximum absolute atomic E-state index is 12.2. The van der Waals surface area contributed by atoms with E-state index in [0.717, 1.165) is 41.2 Å². The van der Waals surface area contributed by atoms with Crippen molar-refractivity contribution in [1.29, 1.82) is 0 Å². The van der Waals surface area contributed by atoms with Crippen molar-refractivity contribution in [3.8, 4) is 10.7 Å². The molecule has 6 heteroatoms. The fourth-order valence-electron chi connectivity index (χ4n) is 2.28. The Morgan fingerprint density at radius 1 is 1.35 bits per heavy atom. The lowest BCUT2D eigenvalue weighted by Gasteiger charge is -2.30. The number of nitrogens with one attached hydrogen (secondary N) is 1. The molecule has 1 N–H and O–H groups in total. The zero-order valence-corrected chi connectivity index (χ0v) is 11.5. The van der Waals surface area contributed by atoms with Crippen molar-refractivity contribution < 1.29 is 4.79 Å². The number of H-pyrrole nitrogens is 1. The standard InChI is InChI=1S/C14H12N4OS/c19-14(18-5-1-6-18)11-8-9-2-3-10(16-12(9)17-11)13-15-4-7-20-13/h2-4,7-8H,1,5-6H2,(H,16,17). The van der Waals surface area contributed by atoms with Crippen LogP contribution in [0, 0.1) is 0 Å². The number of amides is 1. The Morgan fingerprint density at radius 2 is 2.25 bits per heavy atom. The predicted molar refractivity (Wildman–Crippen MR) is 77.7 cm³/mol. The van der Waals surface area contributed by atoms with E-state index in [1.165, 1.54) is 0 Å². The molecule has 1 amide bonds. The van der Waals surface area contributed by atoms with Crippen molar-refractivity contribution >= 4 is 28.3 Å². The smallest absolute Gasteiger partial charge is 0.270 e. The van der Waals surface area contributed by atoms with Crippen LogP contribution in [-0.4, -0.2) is 38.8 Å². The molecule has 4 rings (SSSR count). The minimum atomic E-state index is 0.0602. The molecule has 0 radical (unpaired) electrons. The Labute approximate surface area is 119 Å². The number of hydrogen-bond donors (Lipinski definition) is 1. The second-order valence-electron chi connectivity index (χ2n) is 4.80. The molecule has 0 saturated carbocycles. The number of likely N-dealkylation sites (tertiary alicyclic amines) is 1. The van der Waals surface area contributed by atoms with Crippen LogP contribution in [0.4, 0.5) is 0 Å². The second kappa shape index (κ2) is 4.42. The van der Waals surface area contributed by atoms with Gasteiger partial charge in [0, 0.05) is 30.1 Å². The largest absolute Gasteiger partial charge is 0.337 e. The molecule has 20 heavy (non-hydrogen) atoms. The van der Waals surface area contributed by atoms with Gasteiger partial charge < -0.3 is 9.88 Å². The molecule has 1 saturated heterocycles. The summed E-state index contributed by atoms with van der Waals surface area (Å²) >= 11 is 1.55.